The maximum Gasteiger partial charge on any atom is 0.0786 e. The minimum atomic E-state index is 0.745. The van der Waals surface area contributed by atoms with Crippen molar-refractivity contribution in [2.75, 3.05) is 24.3 Å². The molecule has 96 valence electrons. The molecule has 2 aromatic rings. The summed E-state index contributed by atoms with van der Waals surface area (Å²) in [5.41, 5.74) is 2.03. The largest absolute Gasteiger partial charge is 0.378 e. The molecule has 0 bridgehead atoms. The Labute approximate surface area is 121 Å². The molecule has 0 aliphatic heterocycles. The normalized spacial score (nSPS) is 10.4. The summed E-state index contributed by atoms with van der Waals surface area (Å²) in [5, 5.41) is 6.86. The summed E-state index contributed by atoms with van der Waals surface area (Å²) in [7, 11) is 3.96. The summed E-state index contributed by atoms with van der Waals surface area (Å²) in [6, 6.07) is 7.83. The Morgan fingerprint density at radius 2 is 2.06 bits per heavy atom. The van der Waals surface area contributed by atoms with Crippen molar-refractivity contribution in [3.05, 3.63) is 44.6 Å². The zero-order valence-electron chi connectivity index (χ0n) is 10.2. The molecular weight excluding hydrogens is 287 g/mol. The average molecular weight is 301 g/mol. The number of nitrogens with one attached hydrogen (secondary N) is 1. The fraction of sp³-hybridized carbons (Fsp3) is 0.231. The van der Waals surface area contributed by atoms with Crippen LogP contribution in [0.1, 0.15) is 4.88 Å². The lowest BCUT2D eigenvalue weighted by molar-refractivity contribution is 1.11. The van der Waals surface area contributed by atoms with Crippen molar-refractivity contribution in [3.8, 4) is 0 Å². The summed E-state index contributed by atoms with van der Waals surface area (Å²) in [6.45, 7) is 0.749. The summed E-state index contributed by atoms with van der Waals surface area (Å²) in [4.78, 5) is 3.20. The zero-order valence-corrected chi connectivity index (χ0v) is 12.5. The standard InChI is InChI=1S/C13H14Cl2N2S/c1-17(2)13-11(15)4-3-5-12(13)16-7-10-6-9(14)8-18-10/h3-6,8,16H,7H2,1-2H3. The predicted octanol–water partition coefficient (Wildman–Crippen LogP) is 4.73. The lowest BCUT2D eigenvalue weighted by Crippen LogP contribution is -2.12. The molecule has 0 unspecified atom stereocenters. The van der Waals surface area contributed by atoms with Crippen molar-refractivity contribution in [1.29, 1.82) is 0 Å². The van der Waals surface area contributed by atoms with Crippen LogP contribution in [0.15, 0.2) is 29.6 Å². The minimum Gasteiger partial charge on any atom is -0.378 e. The first kappa shape index (κ1) is 13.5. The van der Waals surface area contributed by atoms with Gasteiger partial charge in [-0.05, 0) is 18.2 Å². The molecule has 0 atom stereocenters. The molecule has 5 heteroatoms. The lowest BCUT2D eigenvalue weighted by Gasteiger charge is -2.19. The summed E-state index contributed by atoms with van der Waals surface area (Å²) >= 11 is 13.8. The number of hydrogen-bond donors (Lipinski definition) is 1. The van der Waals surface area contributed by atoms with Crippen LogP contribution < -0.4 is 10.2 Å². The first-order valence-corrected chi connectivity index (χ1v) is 7.14. The van der Waals surface area contributed by atoms with Gasteiger partial charge in [-0.1, -0.05) is 29.3 Å². The van der Waals surface area contributed by atoms with Crippen LogP contribution in [0.2, 0.25) is 10.0 Å². The van der Waals surface area contributed by atoms with Crippen LogP contribution in [0.4, 0.5) is 11.4 Å². The molecular formula is C13H14Cl2N2S. The van der Waals surface area contributed by atoms with E-state index in [1.165, 1.54) is 4.88 Å². The van der Waals surface area contributed by atoms with Crippen molar-refractivity contribution in [2.24, 2.45) is 0 Å². The van der Waals surface area contributed by atoms with Gasteiger partial charge >= 0.3 is 0 Å². The van der Waals surface area contributed by atoms with Crippen LogP contribution >= 0.6 is 34.5 Å². The Hall–Kier alpha value is -0.900. The molecule has 0 aliphatic carbocycles. The topological polar surface area (TPSA) is 15.3 Å². The van der Waals surface area contributed by atoms with Crippen molar-refractivity contribution >= 4 is 45.9 Å². The Morgan fingerprint density at radius 3 is 2.67 bits per heavy atom. The van der Waals surface area contributed by atoms with Crippen molar-refractivity contribution < 1.29 is 0 Å². The molecule has 0 saturated carbocycles. The van der Waals surface area contributed by atoms with Crippen molar-refractivity contribution in [3.63, 3.8) is 0 Å². The first-order valence-electron chi connectivity index (χ1n) is 5.50. The smallest absolute Gasteiger partial charge is 0.0786 e. The Morgan fingerprint density at radius 1 is 1.28 bits per heavy atom. The zero-order chi connectivity index (χ0) is 13.1. The van der Waals surface area contributed by atoms with E-state index in [2.05, 4.69) is 5.32 Å². The van der Waals surface area contributed by atoms with E-state index in [4.69, 9.17) is 23.2 Å². The Bertz CT molecular complexity index is 538. The second-order valence-electron chi connectivity index (χ2n) is 4.12. The molecule has 1 aromatic carbocycles. The maximum atomic E-state index is 6.21. The van der Waals surface area contributed by atoms with Crippen LogP contribution in [0.25, 0.3) is 0 Å². The van der Waals surface area contributed by atoms with Gasteiger partial charge in [0.2, 0.25) is 0 Å². The van der Waals surface area contributed by atoms with Gasteiger partial charge in [-0.3, -0.25) is 0 Å². The molecule has 0 radical (unpaired) electrons. The summed E-state index contributed by atoms with van der Waals surface area (Å²) in [5.74, 6) is 0. The van der Waals surface area contributed by atoms with Gasteiger partial charge in [0.05, 0.1) is 21.4 Å². The highest BCUT2D eigenvalue weighted by Gasteiger charge is 2.08. The van der Waals surface area contributed by atoms with E-state index >= 15 is 0 Å². The Balaban J connectivity index is 2.16. The quantitative estimate of drug-likeness (QED) is 0.878. The van der Waals surface area contributed by atoms with Crippen LogP contribution in [0, 0.1) is 0 Å². The van der Waals surface area contributed by atoms with Gasteiger partial charge in [-0.15, -0.1) is 11.3 Å². The van der Waals surface area contributed by atoms with Crippen LogP contribution in [0.5, 0.6) is 0 Å². The van der Waals surface area contributed by atoms with Gasteiger partial charge in [0.25, 0.3) is 0 Å². The van der Waals surface area contributed by atoms with Gasteiger partial charge in [0.15, 0.2) is 0 Å². The third-order valence-corrected chi connectivity index (χ3v) is 4.10. The van der Waals surface area contributed by atoms with Gasteiger partial charge in [0.1, 0.15) is 0 Å². The predicted molar refractivity (Wildman–Crippen MR) is 82.4 cm³/mol. The number of thiophene rings is 1. The van der Waals surface area contributed by atoms with Gasteiger partial charge in [0, 0.05) is 30.9 Å². The number of benzene rings is 1. The van der Waals surface area contributed by atoms with E-state index in [0.717, 1.165) is 28.0 Å². The summed E-state index contributed by atoms with van der Waals surface area (Å²) in [6.07, 6.45) is 0. The van der Waals surface area contributed by atoms with Crippen molar-refractivity contribution in [2.45, 2.75) is 6.54 Å². The molecule has 1 aromatic heterocycles. The van der Waals surface area contributed by atoms with Gasteiger partial charge in [-0.2, -0.15) is 0 Å². The molecule has 2 rings (SSSR count). The molecule has 18 heavy (non-hydrogen) atoms. The third kappa shape index (κ3) is 3.10. The first-order chi connectivity index (χ1) is 8.58. The fourth-order valence-corrected chi connectivity index (χ4v) is 3.10. The van der Waals surface area contributed by atoms with E-state index in [-0.39, 0.29) is 0 Å². The van der Waals surface area contributed by atoms with Gasteiger partial charge < -0.3 is 10.2 Å². The fourth-order valence-electron chi connectivity index (χ4n) is 1.74. The molecule has 1 N–H and O–H groups in total. The van der Waals surface area contributed by atoms with Crippen LogP contribution in [-0.2, 0) is 6.54 Å². The summed E-state index contributed by atoms with van der Waals surface area (Å²) < 4.78 is 0. The number of anilines is 2. The highest BCUT2D eigenvalue weighted by atomic mass is 35.5. The highest BCUT2D eigenvalue weighted by molar-refractivity contribution is 7.10. The average Bonchev–Trinajstić information content (AvgIpc) is 2.72. The lowest BCUT2D eigenvalue weighted by atomic mass is 10.2. The van der Waals surface area contributed by atoms with E-state index in [0.29, 0.717) is 0 Å². The van der Waals surface area contributed by atoms with Crippen LogP contribution in [-0.4, -0.2) is 14.1 Å². The number of rotatable bonds is 4. The maximum absolute atomic E-state index is 6.21. The molecule has 0 amide bonds. The van der Waals surface area contributed by atoms with E-state index in [1.807, 2.05) is 48.6 Å². The monoisotopic (exact) mass is 300 g/mol. The number of hydrogen-bond acceptors (Lipinski definition) is 3. The molecule has 1 heterocycles. The van der Waals surface area contributed by atoms with Crippen molar-refractivity contribution in [1.82, 2.24) is 0 Å². The SMILES string of the molecule is CN(C)c1c(Cl)cccc1NCc1cc(Cl)cs1. The molecule has 0 spiro atoms. The molecule has 0 fully saturated rings. The van der Waals surface area contributed by atoms with E-state index in [1.54, 1.807) is 11.3 Å². The van der Waals surface area contributed by atoms with E-state index < -0.39 is 0 Å². The molecule has 0 saturated heterocycles. The second kappa shape index (κ2) is 5.83. The third-order valence-electron chi connectivity index (χ3n) is 2.51. The number of para-hydroxylation sites is 1. The second-order valence-corrected chi connectivity index (χ2v) is 5.95. The minimum absolute atomic E-state index is 0.745. The molecule has 2 nitrogen and oxygen atoms in total. The van der Waals surface area contributed by atoms with E-state index in [9.17, 15) is 0 Å². The van der Waals surface area contributed by atoms with Gasteiger partial charge in [-0.25, -0.2) is 0 Å². The number of nitrogens with zero attached hydrogens (tertiary/aromatic N) is 1. The number of halogens is 2. The molecule has 0 aliphatic rings. The van der Waals surface area contributed by atoms with Crippen LogP contribution in [0.3, 0.4) is 0 Å². The Kier molecular flexibility index (Phi) is 4.38. The highest BCUT2D eigenvalue weighted by Crippen LogP contribution is 2.33.